The molecule has 2 heterocycles. The number of methoxy groups -OCH3 is 1. The molecule has 0 bridgehead atoms. The third-order valence-electron chi connectivity index (χ3n) is 3.07. The van der Waals surface area contributed by atoms with Crippen LogP contribution in [0.5, 0.6) is 0 Å². The van der Waals surface area contributed by atoms with Crippen molar-refractivity contribution < 1.29 is 19.1 Å². The smallest absolute Gasteiger partial charge is 0.411 e. The van der Waals surface area contributed by atoms with Crippen LogP contribution in [-0.4, -0.2) is 62.5 Å². The highest BCUT2D eigenvalue weighted by Gasteiger charge is 2.43. The van der Waals surface area contributed by atoms with Crippen LogP contribution < -0.4 is 0 Å². The minimum atomic E-state index is -0.708. The van der Waals surface area contributed by atoms with Crippen molar-refractivity contribution >= 4 is 12.1 Å². The maximum Gasteiger partial charge on any atom is 0.411 e. The molecular weight excluding hydrogens is 278 g/mol. The summed E-state index contributed by atoms with van der Waals surface area (Å²) >= 11 is 0. The van der Waals surface area contributed by atoms with Crippen molar-refractivity contribution in [1.29, 1.82) is 0 Å². The Morgan fingerprint density at radius 2 is 2.05 bits per heavy atom. The van der Waals surface area contributed by atoms with E-state index in [1.807, 2.05) is 0 Å². The Kier molecular flexibility index (Phi) is 4.10. The van der Waals surface area contributed by atoms with Gasteiger partial charge in [0.25, 0.3) is 0 Å². The number of rotatable bonds is 2. The van der Waals surface area contributed by atoms with Crippen LogP contribution in [0.4, 0.5) is 4.79 Å². The summed E-state index contributed by atoms with van der Waals surface area (Å²) < 4.78 is 10.1. The second-order valence-corrected chi connectivity index (χ2v) is 5.82. The Balaban J connectivity index is 2.16. The van der Waals surface area contributed by atoms with Crippen molar-refractivity contribution in [3.05, 3.63) is 6.33 Å². The van der Waals surface area contributed by atoms with Crippen LogP contribution >= 0.6 is 0 Å². The Hall–Kier alpha value is -2.19. The molecule has 1 fully saturated rings. The van der Waals surface area contributed by atoms with Gasteiger partial charge in [-0.2, -0.15) is 4.80 Å². The van der Waals surface area contributed by atoms with Crippen LogP contribution in [0.15, 0.2) is 6.33 Å². The number of hydrogen-bond donors (Lipinski definition) is 0. The minimum Gasteiger partial charge on any atom is -0.467 e. The SMILES string of the molecule is COC(=O)C1CC(n2ncnn2)CN1C(=O)OC(C)(C)C. The average molecular weight is 297 g/mol. The predicted molar refractivity (Wildman–Crippen MR) is 70.2 cm³/mol. The molecule has 9 nitrogen and oxygen atoms in total. The molecule has 1 aromatic rings. The zero-order valence-electron chi connectivity index (χ0n) is 12.5. The van der Waals surface area contributed by atoms with Crippen LogP contribution in [0.2, 0.25) is 0 Å². The molecule has 0 aliphatic carbocycles. The fourth-order valence-electron chi connectivity index (χ4n) is 2.21. The molecule has 21 heavy (non-hydrogen) atoms. The first-order chi connectivity index (χ1) is 9.81. The molecule has 9 heteroatoms. The minimum absolute atomic E-state index is 0.232. The summed E-state index contributed by atoms with van der Waals surface area (Å²) in [7, 11) is 1.29. The molecule has 0 aromatic carbocycles. The highest BCUT2D eigenvalue weighted by Crippen LogP contribution is 2.28. The lowest BCUT2D eigenvalue weighted by molar-refractivity contribution is -0.145. The van der Waals surface area contributed by atoms with Gasteiger partial charge in [0.1, 0.15) is 11.6 Å². The van der Waals surface area contributed by atoms with Crippen LogP contribution in [0.3, 0.4) is 0 Å². The van der Waals surface area contributed by atoms with Gasteiger partial charge in [-0.3, -0.25) is 4.90 Å². The zero-order valence-corrected chi connectivity index (χ0v) is 12.5. The molecule has 1 aromatic heterocycles. The van der Waals surface area contributed by atoms with Gasteiger partial charge in [-0.25, -0.2) is 9.59 Å². The normalized spacial score (nSPS) is 22.2. The van der Waals surface area contributed by atoms with Gasteiger partial charge in [0.2, 0.25) is 0 Å². The van der Waals surface area contributed by atoms with Crippen LogP contribution in [0.1, 0.15) is 33.2 Å². The first-order valence-corrected chi connectivity index (χ1v) is 6.61. The molecular formula is C12H19N5O4. The van der Waals surface area contributed by atoms with E-state index in [9.17, 15) is 9.59 Å². The Labute approximate surface area is 122 Å². The number of nitrogens with zero attached hydrogens (tertiary/aromatic N) is 5. The third kappa shape index (κ3) is 3.47. The van der Waals surface area contributed by atoms with E-state index in [2.05, 4.69) is 15.4 Å². The molecule has 2 atom stereocenters. The standard InChI is InChI=1S/C12H19N5O4/c1-12(2,3)21-11(19)16-6-8(17-14-7-13-15-17)5-9(16)10(18)20-4/h7-9H,5-6H2,1-4H3. The number of aromatic nitrogens is 4. The lowest BCUT2D eigenvalue weighted by atomic mass is 10.2. The lowest BCUT2D eigenvalue weighted by Gasteiger charge is -2.27. The third-order valence-corrected chi connectivity index (χ3v) is 3.07. The molecule has 116 valence electrons. The molecule has 2 rings (SSSR count). The Morgan fingerprint density at radius 3 is 2.57 bits per heavy atom. The van der Waals surface area contributed by atoms with E-state index in [1.165, 1.54) is 23.1 Å². The van der Waals surface area contributed by atoms with E-state index in [4.69, 9.17) is 9.47 Å². The average Bonchev–Trinajstić information content (AvgIpc) is 3.04. The van der Waals surface area contributed by atoms with Gasteiger partial charge in [-0.15, -0.1) is 10.2 Å². The van der Waals surface area contributed by atoms with Crippen molar-refractivity contribution in [3.8, 4) is 0 Å². The summed E-state index contributed by atoms with van der Waals surface area (Å²) in [6, 6.07) is -0.940. The summed E-state index contributed by atoms with van der Waals surface area (Å²) in [5.41, 5.74) is -0.638. The molecule has 0 N–H and O–H groups in total. The lowest BCUT2D eigenvalue weighted by Crippen LogP contribution is -2.43. The van der Waals surface area contributed by atoms with E-state index in [-0.39, 0.29) is 12.6 Å². The largest absolute Gasteiger partial charge is 0.467 e. The molecule has 1 aliphatic heterocycles. The number of tetrazole rings is 1. The molecule has 1 aliphatic rings. The molecule has 0 saturated carbocycles. The van der Waals surface area contributed by atoms with Crippen LogP contribution in [-0.2, 0) is 14.3 Å². The van der Waals surface area contributed by atoms with Gasteiger partial charge in [-0.1, -0.05) is 0 Å². The summed E-state index contributed by atoms with van der Waals surface area (Å²) in [6.07, 6.45) is 1.12. The number of likely N-dealkylation sites (tertiary alicyclic amines) is 1. The Bertz CT molecular complexity index is 510. The Morgan fingerprint density at radius 1 is 1.33 bits per heavy atom. The van der Waals surface area contributed by atoms with Crippen LogP contribution in [0, 0.1) is 0 Å². The fraction of sp³-hybridized carbons (Fsp3) is 0.750. The first kappa shape index (κ1) is 15.2. The topological polar surface area (TPSA) is 99.4 Å². The summed E-state index contributed by atoms with van der Waals surface area (Å²) in [6.45, 7) is 5.57. The monoisotopic (exact) mass is 297 g/mol. The highest BCUT2D eigenvalue weighted by molar-refractivity contribution is 5.82. The van der Waals surface area contributed by atoms with E-state index in [1.54, 1.807) is 20.8 Å². The summed E-state index contributed by atoms with van der Waals surface area (Å²) in [4.78, 5) is 26.9. The van der Waals surface area contributed by atoms with Gasteiger partial charge in [-0.05, 0) is 26.0 Å². The van der Waals surface area contributed by atoms with Crippen molar-refractivity contribution in [2.24, 2.45) is 0 Å². The number of carbonyl (C=O) groups excluding carboxylic acids is 2. The fourth-order valence-corrected chi connectivity index (χ4v) is 2.21. The number of amides is 1. The van der Waals surface area contributed by atoms with E-state index in [0.29, 0.717) is 6.42 Å². The van der Waals surface area contributed by atoms with Crippen molar-refractivity contribution in [2.45, 2.75) is 44.9 Å². The van der Waals surface area contributed by atoms with Crippen LogP contribution in [0.25, 0.3) is 0 Å². The highest BCUT2D eigenvalue weighted by atomic mass is 16.6. The number of carbonyl (C=O) groups is 2. The van der Waals surface area contributed by atoms with Gasteiger partial charge in [0.15, 0.2) is 6.33 Å². The first-order valence-electron chi connectivity index (χ1n) is 6.61. The maximum atomic E-state index is 12.2. The molecule has 1 saturated heterocycles. The second-order valence-electron chi connectivity index (χ2n) is 5.82. The zero-order chi connectivity index (χ0) is 15.6. The van der Waals surface area contributed by atoms with E-state index >= 15 is 0 Å². The quantitative estimate of drug-likeness (QED) is 0.728. The van der Waals surface area contributed by atoms with Crippen molar-refractivity contribution in [1.82, 2.24) is 25.1 Å². The summed E-state index contributed by atoms with van der Waals surface area (Å²) in [5, 5.41) is 11.4. The predicted octanol–water partition coefficient (Wildman–Crippen LogP) is 0.397. The van der Waals surface area contributed by atoms with Gasteiger partial charge < -0.3 is 9.47 Å². The molecule has 0 spiro atoms. The molecule has 1 amide bonds. The molecule has 0 radical (unpaired) electrons. The van der Waals surface area contributed by atoms with Gasteiger partial charge in [0, 0.05) is 13.0 Å². The van der Waals surface area contributed by atoms with E-state index < -0.39 is 23.7 Å². The number of hydrogen-bond acceptors (Lipinski definition) is 7. The van der Waals surface area contributed by atoms with Crippen molar-refractivity contribution in [3.63, 3.8) is 0 Å². The van der Waals surface area contributed by atoms with Gasteiger partial charge in [0.05, 0.1) is 13.2 Å². The maximum absolute atomic E-state index is 12.2. The van der Waals surface area contributed by atoms with Gasteiger partial charge >= 0.3 is 12.1 Å². The molecule has 2 unspecified atom stereocenters. The number of esters is 1. The number of ether oxygens (including phenoxy) is 2. The van der Waals surface area contributed by atoms with Crippen molar-refractivity contribution in [2.75, 3.05) is 13.7 Å². The summed E-state index contributed by atoms with van der Waals surface area (Å²) in [5.74, 6) is -0.483. The van der Waals surface area contributed by atoms with E-state index in [0.717, 1.165) is 0 Å². The second kappa shape index (κ2) is 5.66.